The maximum Gasteiger partial charge on any atom is 0.229 e. The normalized spacial score (nSPS) is 17.4. The van der Waals surface area contributed by atoms with E-state index >= 15 is 0 Å². The molecule has 5 aromatic rings. The molecule has 39 heavy (non-hydrogen) atoms. The van der Waals surface area contributed by atoms with Gasteiger partial charge >= 0.3 is 0 Å². The van der Waals surface area contributed by atoms with Crippen LogP contribution in [0.5, 0.6) is 5.75 Å². The number of nitrogens with zero attached hydrogens (tertiary/aromatic N) is 4. The number of nitrogens with one attached hydrogen (secondary N) is 2. The fourth-order valence-corrected chi connectivity index (χ4v) is 6.70. The van der Waals surface area contributed by atoms with Crippen LogP contribution in [0.15, 0.2) is 85.2 Å². The maximum absolute atomic E-state index is 11.9. The first-order valence-corrected chi connectivity index (χ1v) is 15.1. The molecule has 0 aliphatic carbocycles. The van der Waals surface area contributed by atoms with Gasteiger partial charge in [0.05, 0.1) is 46.7 Å². The number of ether oxygens (including phenoxy) is 1. The number of thiazole rings is 1. The Balaban J connectivity index is 1.49. The molecule has 9 nitrogen and oxygen atoms in total. The topological polar surface area (TPSA) is 101 Å². The number of para-hydroxylation sites is 1. The van der Waals surface area contributed by atoms with Crippen molar-refractivity contribution in [1.82, 2.24) is 19.9 Å². The van der Waals surface area contributed by atoms with Gasteiger partial charge in [-0.3, -0.25) is 14.3 Å². The van der Waals surface area contributed by atoms with Gasteiger partial charge in [0.15, 0.2) is 10.2 Å². The number of thiocarbonyl (C=S) groups is 1. The summed E-state index contributed by atoms with van der Waals surface area (Å²) < 4.78 is 35.0. The zero-order valence-corrected chi connectivity index (χ0v) is 23.4. The molecule has 1 aliphatic heterocycles. The minimum absolute atomic E-state index is 0.262. The van der Waals surface area contributed by atoms with Crippen molar-refractivity contribution >= 4 is 60.3 Å². The molecule has 1 fully saturated rings. The molecule has 2 N–H and O–H groups in total. The summed E-state index contributed by atoms with van der Waals surface area (Å²) >= 11 is 7.49. The lowest BCUT2D eigenvalue weighted by Gasteiger charge is -2.29. The molecule has 12 heteroatoms. The third kappa shape index (κ3) is 4.82. The van der Waals surface area contributed by atoms with Crippen LogP contribution in [0.1, 0.15) is 23.5 Å². The number of methoxy groups -OCH3 is 1. The zero-order valence-electron chi connectivity index (χ0n) is 21.0. The Bertz CT molecular complexity index is 1750. The monoisotopic (exact) mass is 576 g/mol. The van der Waals surface area contributed by atoms with E-state index in [1.54, 1.807) is 29.7 Å². The number of fused-ring (bicyclic) bond motifs is 1. The summed E-state index contributed by atoms with van der Waals surface area (Å²) in [6, 6.07) is 22.6. The van der Waals surface area contributed by atoms with E-state index in [1.165, 1.54) is 7.11 Å². The minimum atomic E-state index is -3.49. The van der Waals surface area contributed by atoms with Crippen molar-refractivity contribution in [3.63, 3.8) is 0 Å². The summed E-state index contributed by atoms with van der Waals surface area (Å²) in [5.41, 5.74) is 3.83. The smallest absolute Gasteiger partial charge is 0.229 e. The second-order valence-electron chi connectivity index (χ2n) is 9.02. The van der Waals surface area contributed by atoms with Gasteiger partial charge in [-0.15, -0.1) is 0 Å². The van der Waals surface area contributed by atoms with Crippen molar-refractivity contribution in [2.45, 2.75) is 12.1 Å². The van der Waals surface area contributed by atoms with Gasteiger partial charge in [0.2, 0.25) is 10.0 Å². The third-order valence-electron chi connectivity index (χ3n) is 6.43. The number of pyridine rings is 1. The van der Waals surface area contributed by atoms with E-state index in [9.17, 15) is 8.42 Å². The van der Waals surface area contributed by atoms with Gasteiger partial charge in [0.25, 0.3) is 0 Å². The molecule has 4 heterocycles. The van der Waals surface area contributed by atoms with Gasteiger partial charge in [-0.05, 0) is 60.7 Å². The predicted octanol–water partition coefficient (Wildman–Crippen LogP) is 5.04. The van der Waals surface area contributed by atoms with Crippen molar-refractivity contribution in [2.75, 3.05) is 23.0 Å². The maximum atomic E-state index is 11.9. The highest BCUT2D eigenvalue weighted by Crippen LogP contribution is 2.44. The lowest BCUT2D eigenvalue weighted by molar-refractivity contribution is 0.417. The molecule has 0 spiro atoms. The van der Waals surface area contributed by atoms with Gasteiger partial charge < -0.3 is 15.0 Å². The lowest BCUT2D eigenvalue weighted by Crippen LogP contribution is -2.30. The van der Waals surface area contributed by atoms with Gasteiger partial charge in [-0.25, -0.2) is 13.4 Å². The number of anilines is 2. The Morgan fingerprint density at radius 2 is 1.90 bits per heavy atom. The Morgan fingerprint density at radius 3 is 2.64 bits per heavy atom. The summed E-state index contributed by atoms with van der Waals surface area (Å²) in [7, 11) is -1.99. The van der Waals surface area contributed by atoms with Gasteiger partial charge in [-0.2, -0.15) is 0 Å². The van der Waals surface area contributed by atoms with Crippen LogP contribution in [0.4, 0.5) is 11.4 Å². The van der Waals surface area contributed by atoms with Crippen molar-refractivity contribution in [3.05, 3.63) is 96.6 Å². The first-order valence-electron chi connectivity index (χ1n) is 12.0. The van der Waals surface area contributed by atoms with Crippen molar-refractivity contribution in [1.29, 1.82) is 0 Å². The number of benzene rings is 2. The molecule has 2 atom stereocenters. The summed E-state index contributed by atoms with van der Waals surface area (Å²) in [5, 5.41) is 4.82. The summed E-state index contributed by atoms with van der Waals surface area (Å²) in [4.78, 5) is 11.5. The molecule has 198 valence electrons. The predicted molar refractivity (Wildman–Crippen MR) is 158 cm³/mol. The molecular formula is C27H24N6O3S3. The average Bonchev–Trinajstić information content (AvgIpc) is 3.65. The Kier molecular flexibility index (Phi) is 6.45. The Labute approximate surface area is 235 Å². The SMILES string of the molecule is COc1cc(N2C(=S)N[C@@H](c3ccccn3)[C@@H]2c2cccn2-c2nc3ccccc3s2)ccc1NS(C)(=O)=O. The van der Waals surface area contributed by atoms with Gasteiger partial charge in [-0.1, -0.05) is 29.5 Å². The van der Waals surface area contributed by atoms with E-state index in [2.05, 4.69) is 31.7 Å². The van der Waals surface area contributed by atoms with Crippen molar-refractivity contribution in [3.8, 4) is 10.9 Å². The number of sulfonamides is 1. The third-order valence-corrected chi connectivity index (χ3v) is 8.37. The molecular weight excluding hydrogens is 553 g/mol. The summed E-state index contributed by atoms with van der Waals surface area (Å²) in [6.07, 6.45) is 4.87. The fourth-order valence-electron chi connectivity index (χ4n) is 4.82. The van der Waals surface area contributed by atoms with E-state index < -0.39 is 10.0 Å². The van der Waals surface area contributed by atoms with E-state index in [4.69, 9.17) is 21.9 Å². The molecule has 0 unspecified atom stereocenters. The number of hydrogen-bond donors (Lipinski definition) is 2. The first kappa shape index (κ1) is 25.3. The second-order valence-corrected chi connectivity index (χ2v) is 12.2. The molecule has 0 amide bonds. The molecule has 3 aromatic heterocycles. The van der Waals surface area contributed by atoms with Crippen LogP contribution in [-0.2, 0) is 10.0 Å². The highest BCUT2D eigenvalue weighted by atomic mass is 32.2. The summed E-state index contributed by atoms with van der Waals surface area (Å²) in [5.74, 6) is 0.377. The largest absolute Gasteiger partial charge is 0.494 e. The zero-order chi connectivity index (χ0) is 27.1. The Morgan fingerprint density at radius 1 is 1.08 bits per heavy atom. The molecule has 6 rings (SSSR count). The number of aromatic nitrogens is 3. The summed E-state index contributed by atoms with van der Waals surface area (Å²) in [6.45, 7) is 0. The minimum Gasteiger partial charge on any atom is -0.494 e. The molecule has 1 aliphatic rings. The van der Waals surface area contributed by atoms with Crippen LogP contribution in [0.25, 0.3) is 15.3 Å². The first-order chi connectivity index (χ1) is 18.8. The molecule has 0 radical (unpaired) electrons. The van der Waals surface area contributed by atoms with Crippen LogP contribution in [0.3, 0.4) is 0 Å². The lowest BCUT2D eigenvalue weighted by atomic mass is 10.0. The van der Waals surface area contributed by atoms with Crippen LogP contribution >= 0.6 is 23.6 Å². The van der Waals surface area contributed by atoms with Crippen LogP contribution < -0.4 is 19.7 Å². The highest BCUT2D eigenvalue weighted by Gasteiger charge is 2.42. The molecule has 2 aromatic carbocycles. The molecule has 0 bridgehead atoms. The van der Waals surface area contributed by atoms with Crippen molar-refractivity contribution < 1.29 is 13.2 Å². The van der Waals surface area contributed by atoms with Gasteiger partial charge in [0.1, 0.15) is 11.8 Å². The number of rotatable bonds is 7. The average molecular weight is 577 g/mol. The fraction of sp³-hybridized carbons (Fsp3) is 0.148. The van der Waals surface area contributed by atoms with E-state index in [0.717, 1.165) is 38.7 Å². The van der Waals surface area contributed by atoms with E-state index in [-0.39, 0.29) is 12.1 Å². The van der Waals surface area contributed by atoms with E-state index in [0.29, 0.717) is 16.5 Å². The second kappa shape index (κ2) is 9.95. The standard InChI is InChI=1S/C27H24N6O3S3/c1-36-22-16-17(12-13-18(22)31-39(2,34)35)33-25(24(30-26(33)37)20-9-5-6-14-28-20)21-10-7-15-32(21)27-29-19-8-3-4-11-23(19)38-27/h3-16,24-25,31H,1-2H3,(H,30,37)/t24-,25-/m0/s1. The van der Waals surface area contributed by atoms with E-state index in [1.807, 2.05) is 59.6 Å². The molecule has 0 saturated carbocycles. The van der Waals surface area contributed by atoms with Crippen LogP contribution in [-0.4, -0.2) is 41.4 Å². The van der Waals surface area contributed by atoms with Crippen molar-refractivity contribution in [2.24, 2.45) is 0 Å². The van der Waals surface area contributed by atoms with Crippen LogP contribution in [0.2, 0.25) is 0 Å². The highest BCUT2D eigenvalue weighted by molar-refractivity contribution is 7.92. The van der Waals surface area contributed by atoms with Gasteiger partial charge in [0, 0.05) is 24.1 Å². The number of hydrogen-bond acceptors (Lipinski definition) is 7. The van der Waals surface area contributed by atoms with Crippen LogP contribution in [0, 0.1) is 0 Å². The Hall–Kier alpha value is -4.00. The molecule has 1 saturated heterocycles. The quantitative estimate of drug-likeness (QED) is 0.260.